The Morgan fingerprint density at radius 3 is 1.26 bits per heavy atom. The summed E-state index contributed by atoms with van der Waals surface area (Å²) in [6, 6.07) is 11.0. The molecular formula is C34H48B3BrN2O10. The number of hydrogen-bond donors (Lipinski definition) is 0. The Hall–Kier alpha value is -2.59. The molecule has 5 heterocycles. The van der Waals surface area contributed by atoms with Gasteiger partial charge in [0.05, 0.1) is 44.6 Å². The molecule has 3 fully saturated rings. The van der Waals surface area contributed by atoms with Gasteiger partial charge in [-0.2, -0.15) is 0 Å². The molecule has 0 radical (unpaired) electrons. The summed E-state index contributed by atoms with van der Waals surface area (Å²) in [6.45, 7) is 24.3. The van der Waals surface area contributed by atoms with E-state index in [-0.39, 0.29) is 45.1 Å². The first-order valence-corrected chi connectivity index (χ1v) is 17.5. The molecule has 2 aromatic carbocycles. The lowest BCUT2D eigenvalue weighted by Gasteiger charge is -2.32. The summed E-state index contributed by atoms with van der Waals surface area (Å²) < 4.78 is 49.8. The fourth-order valence-corrected chi connectivity index (χ4v) is 5.72. The number of fused-ring (bicyclic) bond motifs is 2. The van der Waals surface area contributed by atoms with Crippen LogP contribution >= 0.6 is 15.9 Å². The van der Waals surface area contributed by atoms with Crippen molar-refractivity contribution in [3.63, 3.8) is 0 Å². The predicted molar refractivity (Wildman–Crippen MR) is 198 cm³/mol. The molecule has 4 aromatic rings. The first kappa shape index (κ1) is 38.6. The highest BCUT2D eigenvalue weighted by Gasteiger charge is 2.63. The summed E-state index contributed by atoms with van der Waals surface area (Å²) in [7, 11) is 1.98. The van der Waals surface area contributed by atoms with Gasteiger partial charge in [-0.25, -0.2) is 9.59 Å². The van der Waals surface area contributed by atoms with Crippen LogP contribution in [0.15, 0.2) is 59.3 Å². The highest BCUT2D eigenvalue weighted by atomic mass is 79.9. The maximum Gasteiger partial charge on any atom is 0.494 e. The van der Waals surface area contributed by atoms with Crippen LogP contribution < -0.4 is 17.0 Å². The van der Waals surface area contributed by atoms with Crippen molar-refractivity contribution in [1.82, 2.24) is 9.13 Å². The van der Waals surface area contributed by atoms with Crippen molar-refractivity contribution in [2.45, 2.75) is 117 Å². The average molecular weight is 757 g/mol. The molecule has 3 aliphatic heterocycles. The number of halogens is 1. The standard InChI is InChI=1S/C14H18BNO4.C12H24B2O4.C8H6BrNO2/c1-13(2)14(3,4)20-15(19-13)9-6-7-11-10(8-9)16(5)12(17)18-11;1-9(2)10(3,4)16-13(15-9)14-17-11(5,6)12(7,8)18-14;1-10-6-4-5(9)2-3-7(6)12-8(10)11/h6-8H,1-5H3;1-8H3;2-4H,1H3. The molecule has 3 saturated heterocycles. The van der Waals surface area contributed by atoms with E-state index >= 15 is 0 Å². The van der Waals surface area contributed by atoms with Crippen molar-refractivity contribution >= 4 is 64.7 Å². The molecule has 0 bridgehead atoms. The van der Waals surface area contributed by atoms with E-state index in [1.165, 1.54) is 9.13 Å². The van der Waals surface area contributed by atoms with Crippen LogP contribution in [-0.2, 0) is 42.0 Å². The summed E-state index contributed by atoms with van der Waals surface area (Å²) in [5, 5.41) is 0. The molecular weight excluding hydrogens is 709 g/mol. The fraction of sp³-hybridized carbons (Fsp3) is 0.588. The van der Waals surface area contributed by atoms with E-state index in [4.69, 9.17) is 36.8 Å². The van der Waals surface area contributed by atoms with Crippen molar-refractivity contribution in [2.75, 3.05) is 0 Å². The number of aromatic nitrogens is 2. The second-order valence-corrected chi connectivity index (χ2v) is 16.9. The largest absolute Gasteiger partial charge is 0.494 e. The summed E-state index contributed by atoms with van der Waals surface area (Å²) in [5.41, 5.74) is 1.40. The Morgan fingerprint density at radius 1 is 0.520 bits per heavy atom. The van der Waals surface area contributed by atoms with Gasteiger partial charge in [0, 0.05) is 18.6 Å². The fourth-order valence-electron chi connectivity index (χ4n) is 5.37. The van der Waals surface area contributed by atoms with Crippen LogP contribution in [-0.4, -0.2) is 63.9 Å². The van der Waals surface area contributed by atoms with Gasteiger partial charge in [-0.15, -0.1) is 0 Å². The zero-order valence-corrected chi connectivity index (χ0v) is 33.1. The van der Waals surface area contributed by atoms with Gasteiger partial charge < -0.3 is 36.8 Å². The number of hydrogen-bond acceptors (Lipinski definition) is 10. The monoisotopic (exact) mass is 756 g/mol. The topological polar surface area (TPSA) is 126 Å². The first-order valence-electron chi connectivity index (χ1n) is 16.7. The molecule has 0 unspecified atom stereocenters. The van der Waals surface area contributed by atoms with Gasteiger partial charge in [-0.3, -0.25) is 9.13 Å². The van der Waals surface area contributed by atoms with Crippen LogP contribution in [0.1, 0.15) is 83.1 Å². The second-order valence-electron chi connectivity index (χ2n) is 16.0. The minimum absolute atomic E-state index is 0.330. The van der Waals surface area contributed by atoms with Gasteiger partial charge in [0.15, 0.2) is 11.2 Å². The summed E-state index contributed by atoms with van der Waals surface area (Å²) in [6.07, 6.45) is 0. The number of nitrogens with zero attached hydrogens (tertiary/aromatic N) is 2. The maximum absolute atomic E-state index is 11.5. The van der Waals surface area contributed by atoms with Gasteiger partial charge in [-0.1, -0.05) is 22.0 Å². The summed E-state index contributed by atoms with van der Waals surface area (Å²) in [4.78, 5) is 22.5. The minimum atomic E-state index is -0.476. The number of oxazole rings is 2. The molecule has 270 valence electrons. The van der Waals surface area contributed by atoms with Crippen molar-refractivity contribution in [1.29, 1.82) is 0 Å². The Morgan fingerprint density at radius 2 is 0.860 bits per heavy atom. The number of rotatable bonds is 2. The third kappa shape index (κ3) is 7.09. The van der Waals surface area contributed by atoms with Crippen LogP contribution in [0.3, 0.4) is 0 Å². The van der Waals surface area contributed by atoms with Crippen molar-refractivity contribution < 1.29 is 36.8 Å². The molecule has 16 heteroatoms. The molecule has 2 aromatic heterocycles. The normalized spacial score (nSPS) is 22.4. The van der Waals surface area contributed by atoms with Crippen molar-refractivity contribution in [3.05, 3.63) is 62.0 Å². The molecule has 50 heavy (non-hydrogen) atoms. The van der Waals surface area contributed by atoms with E-state index in [0.717, 1.165) is 21.0 Å². The van der Waals surface area contributed by atoms with Crippen molar-refractivity contribution in [3.8, 4) is 0 Å². The van der Waals surface area contributed by atoms with Gasteiger partial charge in [0.25, 0.3) is 0 Å². The smallest absolute Gasteiger partial charge is 0.408 e. The Kier molecular flexibility index (Phi) is 9.91. The van der Waals surface area contributed by atoms with Crippen LogP contribution in [0.4, 0.5) is 0 Å². The molecule has 0 N–H and O–H groups in total. The molecule has 3 aliphatic rings. The highest BCUT2D eigenvalue weighted by Crippen LogP contribution is 2.43. The average Bonchev–Trinajstić information content (AvgIpc) is 3.65. The van der Waals surface area contributed by atoms with Crippen LogP contribution in [0.5, 0.6) is 0 Å². The molecule has 0 amide bonds. The molecule has 0 atom stereocenters. The van der Waals surface area contributed by atoms with Gasteiger partial charge in [0.2, 0.25) is 0 Å². The van der Waals surface area contributed by atoms with Gasteiger partial charge in [0.1, 0.15) is 0 Å². The van der Waals surface area contributed by atoms with Crippen LogP contribution in [0.25, 0.3) is 22.2 Å². The predicted octanol–water partition coefficient (Wildman–Crippen LogP) is 5.57. The van der Waals surface area contributed by atoms with Crippen molar-refractivity contribution in [2.24, 2.45) is 14.1 Å². The quantitative estimate of drug-likeness (QED) is 0.240. The first-order chi connectivity index (χ1) is 22.8. The number of aryl methyl sites for hydroxylation is 2. The lowest BCUT2D eigenvalue weighted by molar-refractivity contribution is 0.00578. The third-order valence-corrected chi connectivity index (χ3v) is 11.4. The summed E-state index contributed by atoms with van der Waals surface area (Å²) in [5.74, 6) is -0.700. The SMILES string of the molecule is CC1(C)OB(B2OC(C)(C)C(C)(C)O2)OC1(C)C.Cn1c(=O)oc2ccc(B3OC(C)(C)C(C)(C)O3)cc21.Cn1c(=O)oc2ccc(Br)cc21. The van der Waals surface area contributed by atoms with Crippen LogP contribution in [0, 0.1) is 0 Å². The third-order valence-electron chi connectivity index (χ3n) is 10.9. The highest BCUT2D eigenvalue weighted by molar-refractivity contribution is 9.10. The van der Waals surface area contributed by atoms with Gasteiger partial charge in [-0.05, 0) is 119 Å². The Balaban J connectivity index is 0.000000150. The van der Waals surface area contributed by atoms with E-state index in [9.17, 15) is 9.59 Å². The minimum Gasteiger partial charge on any atom is -0.408 e. The lowest BCUT2D eigenvalue weighted by atomic mass is 9.49. The lowest BCUT2D eigenvalue weighted by Crippen LogP contribution is -2.41. The zero-order valence-electron chi connectivity index (χ0n) is 31.6. The molecule has 0 spiro atoms. The molecule has 0 saturated carbocycles. The number of benzene rings is 2. The second kappa shape index (κ2) is 12.8. The van der Waals surface area contributed by atoms with E-state index in [1.54, 1.807) is 26.2 Å². The molecule has 0 aliphatic carbocycles. The summed E-state index contributed by atoms with van der Waals surface area (Å²) >= 11 is 3.32. The van der Waals surface area contributed by atoms with E-state index < -0.39 is 21.1 Å². The van der Waals surface area contributed by atoms with E-state index in [0.29, 0.717) is 11.2 Å². The van der Waals surface area contributed by atoms with Crippen LogP contribution in [0.2, 0.25) is 0 Å². The molecule has 7 rings (SSSR count). The Labute approximate surface area is 302 Å². The zero-order chi connectivity index (χ0) is 37.4. The van der Waals surface area contributed by atoms with E-state index in [1.807, 2.05) is 107 Å². The van der Waals surface area contributed by atoms with E-state index in [2.05, 4.69) is 15.9 Å². The Bertz CT molecular complexity index is 1930. The molecule has 12 nitrogen and oxygen atoms in total. The maximum atomic E-state index is 11.5. The van der Waals surface area contributed by atoms with Gasteiger partial charge >= 0.3 is 32.6 Å².